The molecule has 5 rings (SSSR count). The summed E-state index contributed by atoms with van der Waals surface area (Å²) in [6.45, 7) is 0. The van der Waals surface area contributed by atoms with Crippen molar-refractivity contribution in [3.8, 4) is 22.3 Å². The second-order valence-corrected chi connectivity index (χ2v) is 6.31. The maximum Gasteiger partial charge on any atom is -0.0179 e. The van der Waals surface area contributed by atoms with Gasteiger partial charge in [-0.2, -0.15) is 0 Å². The Kier molecular flexibility index (Phi) is 3.17. The van der Waals surface area contributed by atoms with Crippen molar-refractivity contribution in [2.45, 2.75) is 0 Å². The van der Waals surface area contributed by atoms with Crippen molar-refractivity contribution >= 4 is 21.8 Å². The Morgan fingerprint density at radius 1 is 0.400 bits per heavy atom. The van der Waals surface area contributed by atoms with Gasteiger partial charge in [0, 0.05) is 0 Å². The fourth-order valence-corrected chi connectivity index (χ4v) is 3.45. The summed E-state index contributed by atoms with van der Waals surface area (Å²) in [5.41, 5.74) is 7.04. The Morgan fingerprint density at radius 3 is 1.28 bits per heavy atom. The quantitative estimate of drug-likeness (QED) is 0.373. The van der Waals surface area contributed by atoms with E-state index < -0.39 is 0 Å². The second kappa shape index (κ2) is 5.64. The Labute approximate surface area is 146 Å². The lowest BCUT2D eigenvalue weighted by Crippen LogP contribution is -1.78. The molecule has 1 heterocycles. The van der Waals surface area contributed by atoms with Gasteiger partial charge < -0.3 is 4.98 Å². The van der Waals surface area contributed by atoms with Crippen LogP contribution in [0.4, 0.5) is 0 Å². The van der Waals surface area contributed by atoms with Crippen molar-refractivity contribution in [2.24, 2.45) is 0 Å². The number of fused-ring (bicyclic) bond motifs is 3. The predicted octanol–water partition coefficient (Wildman–Crippen LogP) is 6.28. The summed E-state index contributed by atoms with van der Waals surface area (Å²) in [6.07, 6.45) is 0. The van der Waals surface area contributed by atoms with Gasteiger partial charge in [-0.3, -0.25) is 0 Å². The highest BCUT2D eigenvalue weighted by Gasteiger charge is 2.03. The van der Waals surface area contributed by atoms with Crippen LogP contribution in [-0.4, -0.2) is 0 Å². The van der Waals surface area contributed by atoms with E-state index >= 15 is 0 Å². The molecule has 0 bridgehead atoms. The van der Waals surface area contributed by atoms with Crippen molar-refractivity contribution in [3.63, 3.8) is 0 Å². The molecule has 0 aliphatic heterocycles. The van der Waals surface area contributed by atoms with Gasteiger partial charge in [-0.05, 0) is 45.2 Å². The highest BCUT2D eigenvalue weighted by Crippen LogP contribution is 2.32. The first kappa shape index (κ1) is 14.1. The number of hydrogen-bond acceptors (Lipinski definition) is 0. The first-order chi connectivity index (χ1) is 12.4. The summed E-state index contributed by atoms with van der Waals surface area (Å²) < 4.78 is 0. The molecule has 0 fully saturated rings. The Hall–Kier alpha value is -3.32. The molecule has 0 atom stereocenters. The van der Waals surface area contributed by atoms with E-state index in [-0.39, 0.29) is 0 Å². The molecule has 1 aromatic heterocycles. The summed E-state index contributed by atoms with van der Waals surface area (Å²) >= 11 is 0. The van der Waals surface area contributed by atoms with Gasteiger partial charge in [-0.25, -0.2) is 0 Å². The summed E-state index contributed by atoms with van der Waals surface area (Å²) in [7, 11) is 0. The van der Waals surface area contributed by atoms with Gasteiger partial charge in [-0.15, -0.1) is 11.0 Å². The van der Waals surface area contributed by atoms with Gasteiger partial charge in [0.1, 0.15) is 0 Å². The van der Waals surface area contributed by atoms with Gasteiger partial charge in [0.2, 0.25) is 0 Å². The molecule has 1 heteroatoms. The third-order valence-corrected chi connectivity index (χ3v) is 4.74. The minimum atomic E-state index is 1.06. The van der Waals surface area contributed by atoms with Gasteiger partial charge >= 0.3 is 0 Å². The molecule has 0 aliphatic rings. The smallest absolute Gasteiger partial charge is 0.0179 e. The van der Waals surface area contributed by atoms with Crippen molar-refractivity contribution in [1.29, 1.82) is 0 Å². The SMILES string of the molecule is c1ccc(-c2ccc3[n-]c4ccc(-c5ccccc5)cc4c3c2)cc1. The van der Waals surface area contributed by atoms with E-state index in [2.05, 4.69) is 84.9 Å². The molecule has 0 unspecified atom stereocenters. The lowest BCUT2D eigenvalue weighted by molar-refractivity contribution is 1.50. The normalized spacial score (nSPS) is 11.2. The maximum atomic E-state index is 4.78. The highest BCUT2D eigenvalue weighted by molar-refractivity contribution is 6.09. The average Bonchev–Trinajstić information content (AvgIpc) is 3.06. The van der Waals surface area contributed by atoms with Crippen LogP contribution in [0.5, 0.6) is 0 Å². The number of aromatic nitrogens is 1. The zero-order valence-corrected chi connectivity index (χ0v) is 13.7. The Morgan fingerprint density at radius 2 is 0.840 bits per heavy atom. The van der Waals surface area contributed by atoms with E-state index in [9.17, 15) is 0 Å². The number of rotatable bonds is 2. The molecule has 0 amide bonds. The fraction of sp³-hybridized carbons (Fsp3) is 0. The van der Waals surface area contributed by atoms with Crippen LogP contribution < -0.4 is 4.98 Å². The lowest BCUT2D eigenvalue weighted by atomic mass is 10.0. The summed E-state index contributed by atoms with van der Waals surface area (Å²) in [4.78, 5) is 4.78. The molecule has 5 aromatic rings. The average molecular weight is 318 g/mol. The summed E-state index contributed by atoms with van der Waals surface area (Å²) in [5, 5.41) is 2.43. The van der Waals surface area contributed by atoms with E-state index in [4.69, 9.17) is 4.98 Å². The molecule has 0 N–H and O–H groups in total. The van der Waals surface area contributed by atoms with E-state index in [1.54, 1.807) is 0 Å². The lowest BCUT2D eigenvalue weighted by Gasteiger charge is -2.05. The molecule has 0 saturated heterocycles. The van der Waals surface area contributed by atoms with Crippen LogP contribution in [0.25, 0.3) is 44.1 Å². The minimum Gasteiger partial charge on any atom is -0.657 e. The minimum absolute atomic E-state index is 1.06. The Balaban J connectivity index is 1.73. The largest absolute Gasteiger partial charge is 0.657 e. The van der Waals surface area contributed by atoms with E-state index in [1.807, 2.05) is 12.1 Å². The van der Waals surface area contributed by atoms with Gasteiger partial charge in [0.05, 0.1) is 0 Å². The van der Waals surface area contributed by atoms with Crippen LogP contribution in [0.3, 0.4) is 0 Å². The fourth-order valence-electron chi connectivity index (χ4n) is 3.45. The van der Waals surface area contributed by atoms with Crippen LogP contribution >= 0.6 is 0 Å². The monoisotopic (exact) mass is 318 g/mol. The molecule has 25 heavy (non-hydrogen) atoms. The van der Waals surface area contributed by atoms with Gasteiger partial charge in [0.15, 0.2) is 0 Å². The molecular formula is C24H16N-. The zero-order valence-electron chi connectivity index (χ0n) is 13.7. The second-order valence-electron chi connectivity index (χ2n) is 6.31. The van der Waals surface area contributed by atoms with Crippen LogP contribution in [0.2, 0.25) is 0 Å². The first-order valence-electron chi connectivity index (χ1n) is 8.49. The molecule has 1 nitrogen and oxygen atoms in total. The van der Waals surface area contributed by atoms with E-state index in [1.165, 1.54) is 33.0 Å². The zero-order chi connectivity index (χ0) is 16.6. The maximum absolute atomic E-state index is 4.78. The van der Waals surface area contributed by atoms with Crippen LogP contribution in [0.1, 0.15) is 0 Å². The molecular weight excluding hydrogens is 302 g/mol. The third-order valence-electron chi connectivity index (χ3n) is 4.74. The van der Waals surface area contributed by atoms with Crippen molar-refractivity contribution in [3.05, 3.63) is 97.1 Å². The van der Waals surface area contributed by atoms with E-state index in [0.29, 0.717) is 0 Å². The molecule has 0 radical (unpaired) electrons. The molecule has 0 saturated carbocycles. The number of benzene rings is 4. The van der Waals surface area contributed by atoms with Crippen LogP contribution in [0.15, 0.2) is 97.1 Å². The molecule has 0 aliphatic carbocycles. The Bertz CT molecular complexity index is 1070. The standard InChI is InChI=1S/C24H16N/c1-3-7-17(8-4-1)19-11-13-23-21(15-19)22-16-20(12-14-24(22)25-23)18-9-5-2-6-10-18/h1-16H/q-1. The molecule has 118 valence electrons. The topological polar surface area (TPSA) is 14.1 Å². The number of hydrogen-bond donors (Lipinski definition) is 0. The van der Waals surface area contributed by atoms with Gasteiger partial charge in [0.25, 0.3) is 0 Å². The summed E-state index contributed by atoms with van der Waals surface area (Å²) in [5.74, 6) is 0. The van der Waals surface area contributed by atoms with Crippen molar-refractivity contribution in [2.75, 3.05) is 0 Å². The van der Waals surface area contributed by atoms with Crippen LogP contribution in [0, 0.1) is 0 Å². The molecule has 0 spiro atoms. The summed E-state index contributed by atoms with van der Waals surface area (Å²) in [6, 6.07) is 34.1. The predicted molar refractivity (Wildman–Crippen MR) is 106 cm³/mol. The number of nitrogens with zero attached hydrogens (tertiary/aromatic N) is 1. The third kappa shape index (κ3) is 2.41. The van der Waals surface area contributed by atoms with Crippen molar-refractivity contribution in [1.82, 2.24) is 4.98 Å². The van der Waals surface area contributed by atoms with Gasteiger partial charge in [-0.1, -0.05) is 84.9 Å². The van der Waals surface area contributed by atoms with E-state index in [0.717, 1.165) is 11.0 Å². The highest BCUT2D eigenvalue weighted by atomic mass is 14.7. The molecule has 4 aromatic carbocycles. The van der Waals surface area contributed by atoms with Crippen molar-refractivity contribution < 1.29 is 0 Å². The van der Waals surface area contributed by atoms with Crippen LogP contribution in [-0.2, 0) is 0 Å². The first-order valence-corrected chi connectivity index (χ1v) is 8.49.